The lowest BCUT2D eigenvalue weighted by Gasteiger charge is -2.28. The average Bonchev–Trinajstić information content (AvgIpc) is 2.49. The number of aliphatic hydroxyl groups excluding tert-OH is 1. The predicted molar refractivity (Wildman–Crippen MR) is 105 cm³/mol. The average molecular weight is 425 g/mol. The van der Waals surface area contributed by atoms with Gasteiger partial charge < -0.3 is 9.41 Å². The molecule has 0 saturated carbocycles. The first-order chi connectivity index (χ1) is 11.4. The van der Waals surface area contributed by atoms with Crippen LogP contribution in [0.4, 0.5) is 5.69 Å². The molecule has 0 bridgehead atoms. The highest BCUT2D eigenvalue weighted by atomic mass is 79.9. The number of anilines is 1. The van der Waals surface area contributed by atoms with Crippen molar-refractivity contribution in [2.24, 2.45) is 0 Å². The maximum Gasteiger partial charge on any atom is 0.188 e. The van der Waals surface area contributed by atoms with Crippen molar-refractivity contribution in [3.05, 3.63) is 67.7 Å². The summed E-state index contributed by atoms with van der Waals surface area (Å²) in [6.07, 6.45) is 0. The third-order valence-corrected chi connectivity index (χ3v) is 5.59. The van der Waals surface area contributed by atoms with Crippen LogP contribution in [0, 0.1) is 13.8 Å². The van der Waals surface area contributed by atoms with E-state index in [2.05, 4.69) is 15.9 Å². The van der Waals surface area contributed by atoms with E-state index in [1.807, 2.05) is 38.1 Å². The van der Waals surface area contributed by atoms with E-state index in [1.165, 1.54) is 0 Å². The molecule has 3 rings (SSSR count). The molecule has 1 heterocycles. The fourth-order valence-corrected chi connectivity index (χ4v) is 4.66. The van der Waals surface area contributed by atoms with Crippen LogP contribution in [0.2, 0.25) is 5.02 Å². The zero-order valence-electron chi connectivity index (χ0n) is 13.1. The zero-order chi connectivity index (χ0) is 17.4. The molecule has 3 nitrogen and oxygen atoms in total. The van der Waals surface area contributed by atoms with E-state index in [4.69, 9.17) is 11.6 Å². The molecule has 24 heavy (non-hydrogen) atoms. The van der Waals surface area contributed by atoms with Crippen LogP contribution >= 0.6 is 39.5 Å². The number of hydrogen-bond donors (Lipinski definition) is 1. The number of benzene rings is 2. The van der Waals surface area contributed by atoms with Crippen molar-refractivity contribution in [1.29, 1.82) is 0 Å². The molecule has 0 amide bonds. The second-order valence-electron chi connectivity index (χ2n) is 5.65. The smallest absolute Gasteiger partial charge is 0.188 e. The molecule has 0 radical (unpaired) electrons. The van der Waals surface area contributed by atoms with E-state index in [-0.39, 0.29) is 17.4 Å². The monoisotopic (exact) mass is 423 g/mol. The van der Waals surface area contributed by atoms with E-state index >= 15 is 0 Å². The summed E-state index contributed by atoms with van der Waals surface area (Å²) in [5.41, 5.74) is 4.00. The summed E-state index contributed by atoms with van der Waals surface area (Å²) in [7, 11) is 0. The third-order valence-electron chi connectivity index (χ3n) is 3.77. The minimum absolute atomic E-state index is 0.00820. The van der Waals surface area contributed by atoms with Crippen LogP contribution in [0.1, 0.15) is 16.7 Å². The largest absolute Gasteiger partial charge is 0.500 e. The van der Waals surface area contributed by atoms with Gasteiger partial charge in [0.25, 0.3) is 0 Å². The van der Waals surface area contributed by atoms with E-state index in [1.54, 1.807) is 16.4 Å². The molecule has 6 heteroatoms. The molecule has 0 spiro atoms. The van der Waals surface area contributed by atoms with Gasteiger partial charge in [0.15, 0.2) is 10.9 Å². The van der Waals surface area contributed by atoms with Gasteiger partial charge in [0.2, 0.25) is 0 Å². The lowest BCUT2D eigenvalue weighted by atomic mass is 9.96. The summed E-state index contributed by atoms with van der Waals surface area (Å²) in [4.78, 5) is 12.7. The van der Waals surface area contributed by atoms with Gasteiger partial charge in [-0.25, -0.2) is 0 Å². The highest BCUT2D eigenvalue weighted by molar-refractivity contribution is 9.10. The molecule has 1 aliphatic heterocycles. The molecule has 0 atom stereocenters. The van der Waals surface area contributed by atoms with Crippen LogP contribution in [-0.2, 0) is 4.79 Å². The summed E-state index contributed by atoms with van der Waals surface area (Å²) >= 11 is 10.6. The first-order valence-electron chi connectivity index (χ1n) is 7.31. The number of carbonyl (C=O) groups excluding carboxylic acids is 1. The van der Waals surface area contributed by atoms with Gasteiger partial charge in [0.05, 0.1) is 12.1 Å². The van der Waals surface area contributed by atoms with Crippen molar-refractivity contribution >= 4 is 56.5 Å². The Balaban J connectivity index is 2.01. The van der Waals surface area contributed by atoms with Crippen molar-refractivity contribution in [1.82, 2.24) is 0 Å². The molecule has 2 aromatic rings. The number of carbonyl (C=O) groups is 1. The Morgan fingerprint density at radius 2 is 1.88 bits per heavy atom. The number of aliphatic hydroxyl groups is 1. The Kier molecular flexibility index (Phi) is 4.95. The normalized spacial score (nSPS) is 15.2. The number of hydrogen-bond acceptors (Lipinski definition) is 4. The van der Waals surface area contributed by atoms with Crippen LogP contribution in [-0.4, -0.2) is 17.4 Å². The topological polar surface area (TPSA) is 40.5 Å². The van der Waals surface area contributed by atoms with Crippen molar-refractivity contribution in [2.75, 3.05) is 10.8 Å². The summed E-state index contributed by atoms with van der Waals surface area (Å²) in [5.74, 6) is -0.117. The fourth-order valence-electron chi connectivity index (χ4n) is 2.74. The number of rotatable bonds is 2. The molecule has 0 aliphatic carbocycles. The first kappa shape index (κ1) is 17.4. The van der Waals surface area contributed by atoms with Gasteiger partial charge in [-0.3, -0.25) is 4.79 Å². The van der Waals surface area contributed by atoms with E-state index < -0.39 is 0 Å². The van der Waals surface area contributed by atoms with Gasteiger partial charge >= 0.3 is 0 Å². The van der Waals surface area contributed by atoms with E-state index in [9.17, 15) is 9.90 Å². The van der Waals surface area contributed by atoms with Crippen LogP contribution in [0.15, 0.2) is 46.0 Å². The fraction of sp³-hybridized carbons (Fsp3) is 0.167. The number of nitrogens with zero attached hydrogens (tertiary/aromatic N) is 1. The lowest BCUT2D eigenvalue weighted by molar-refractivity contribution is -0.112. The van der Waals surface area contributed by atoms with Crippen LogP contribution < -0.4 is 4.31 Å². The summed E-state index contributed by atoms with van der Waals surface area (Å²) in [5, 5.41) is 11.2. The standard InChI is InChI=1S/C18H15BrClNO2S/c1-10-7-11(2)16(14(19)8-10)17-15(22)9-21(24-18(17)23)13-5-3-12(20)4-6-13/h3-8,23H,9H2,1-2H3. The van der Waals surface area contributed by atoms with Gasteiger partial charge in [0.1, 0.15) is 0 Å². The van der Waals surface area contributed by atoms with Gasteiger partial charge in [-0.15, -0.1) is 0 Å². The number of ketones is 1. The van der Waals surface area contributed by atoms with Gasteiger partial charge in [-0.1, -0.05) is 33.6 Å². The van der Waals surface area contributed by atoms with Gasteiger partial charge in [0, 0.05) is 32.7 Å². The summed E-state index contributed by atoms with van der Waals surface area (Å²) in [6, 6.07) is 11.1. The predicted octanol–water partition coefficient (Wildman–Crippen LogP) is 5.68. The first-order valence-corrected chi connectivity index (χ1v) is 9.26. The third kappa shape index (κ3) is 3.34. The molecule has 2 aromatic carbocycles. The number of aryl methyl sites for hydroxylation is 2. The maximum atomic E-state index is 12.7. The quantitative estimate of drug-likeness (QED) is 0.629. The Hall–Kier alpha value is -1.43. The van der Waals surface area contributed by atoms with Crippen molar-refractivity contribution in [2.45, 2.75) is 13.8 Å². The molecule has 1 aliphatic rings. The molecule has 0 fully saturated rings. The molecule has 124 valence electrons. The Morgan fingerprint density at radius 3 is 2.46 bits per heavy atom. The second kappa shape index (κ2) is 6.82. The van der Waals surface area contributed by atoms with Crippen LogP contribution in [0.5, 0.6) is 0 Å². The molecular formula is C18H15BrClNO2S. The SMILES string of the molecule is Cc1cc(C)c(C2=C(O)SN(c3ccc(Cl)cc3)CC2=O)c(Br)c1. The Labute approximate surface area is 158 Å². The summed E-state index contributed by atoms with van der Waals surface area (Å²) in [6.45, 7) is 4.12. The van der Waals surface area contributed by atoms with Crippen molar-refractivity contribution in [3.8, 4) is 0 Å². The van der Waals surface area contributed by atoms with E-state index in [0.29, 0.717) is 10.6 Å². The highest BCUT2D eigenvalue weighted by Crippen LogP contribution is 2.40. The number of halogens is 2. The maximum absolute atomic E-state index is 12.7. The highest BCUT2D eigenvalue weighted by Gasteiger charge is 2.30. The molecule has 0 aromatic heterocycles. The Bertz CT molecular complexity index is 826. The zero-order valence-corrected chi connectivity index (χ0v) is 16.3. The lowest BCUT2D eigenvalue weighted by Crippen LogP contribution is -2.29. The van der Waals surface area contributed by atoms with Crippen molar-refractivity contribution in [3.63, 3.8) is 0 Å². The molecule has 0 saturated heterocycles. The molecular weight excluding hydrogens is 410 g/mol. The van der Waals surface area contributed by atoms with Crippen molar-refractivity contribution < 1.29 is 9.90 Å². The van der Waals surface area contributed by atoms with Crippen LogP contribution in [0.25, 0.3) is 5.57 Å². The summed E-state index contributed by atoms with van der Waals surface area (Å²) < 4.78 is 2.57. The number of Topliss-reactive ketones (excluding diaryl/α,β-unsaturated/α-hetero) is 1. The molecule has 1 N–H and O–H groups in total. The van der Waals surface area contributed by atoms with Gasteiger partial charge in [-0.05, 0) is 55.3 Å². The van der Waals surface area contributed by atoms with Gasteiger partial charge in [-0.2, -0.15) is 0 Å². The van der Waals surface area contributed by atoms with E-state index in [0.717, 1.165) is 38.8 Å². The van der Waals surface area contributed by atoms with Crippen LogP contribution in [0.3, 0.4) is 0 Å². The Morgan fingerprint density at radius 1 is 1.21 bits per heavy atom. The molecule has 0 unspecified atom stereocenters. The minimum atomic E-state index is -0.117. The minimum Gasteiger partial charge on any atom is -0.500 e. The second-order valence-corrected chi connectivity index (χ2v) is 7.95.